The summed E-state index contributed by atoms with van der Waals surface area (Å²) in [6.45, 7) is 2.13. The highest BCUT2D eigenvalue weighted by atomic mass is 35.5. The molecule has 0 atom stereocenters. The van der Waals surface area contributed by atoms with E-state index in [-0.39, 0.29) is 23.7 Å². The van der Waals surface area contributed by atoms with E-state index in [1.807, 2.05) is 0 Å². The van der Waals surface area contributed by atoms with Crippen molar-refractivity contribution in [2.24, 2.45) is 0 Å². The van der Waals surface area contributed by atoms with Crippen molar-refractivity contribution in [2.45, 2.75) is 6.04 Å². The molecule has 2 amide bonds. The van der Waals surface area contributed by atoms with Crippen molar-refractivity contribution >= 4 is 34.9 Å². The van der Waals surface area contributed by atoms with E-state index in [4.69, 9.17) is 23.2 Å². The Hall–Kier alpha value is -2.67. The fraction of sp³-hybridized carbons (Fsp3) is 0.208. The lowest BCUT2D eigenvalue weighted by Gasteiger charge is -2.39. The third-order valence-electron chi connectivity index (χ3n) is 5.53. The number of hydrogen-bond acceptors (Lipinski definition) is 2. The number of anilines is 1. The number of hydrogen-bond donors (Lipinski definition) is 1. The molecule has 0 spiro atoms. The van der Waals surface area contributed by atoms with E-state index in [2.05, 4.69) is 10.2 Å². The van der Waals surface area contributed by atoms with Crippen molar-refractivity contribution < 1.29 is 13.6 Å². The van der Waals surface area contributed by atoms with Crippen LogP contribution in [0.15, 0.2) is 66.7 Å². The molecule has 1 aliphatic rings. The van der Waals surface area contributed by atoms with Crippen LogP contribution in [0.5, 0.6) is 0 Å². The number of carbonyl (C=O) groups excluding carboxylic acids is 1. The average molecular weight is 476 g/mol. The SMILES string of the molecule is O=C(Nc1c(Cl)cccc1Cl)N1CCN(C(c2ccc(F)cc2)c2ccc(F)cc2)CC1. The van der Waals surface area contributed by atoms with E-state index in [1.54, 1.807) is 47.4 Å². The van der Waals surface area contributed by atoms with Crippen LogP contribution in [0.2, 0.25) is 10.0 Å². The lowest BCUT2D eigenvalue weighted by atomic mass is 9.96. The van der Waals surface area contributed by atoms with Crippen LogP contribution in [0.1, 0.15) is 17.2 Å². The van der Waals surface area contributed by atoms with Gasteiger partial charge in [0.2, 0.25) is 0 Å². The molecule has 4 nitrogen and oxygen atoms in total. The molecule has 3 aromatic carbocycles. The molecule has 1 N–H and O–H groups in total. The van der Waals surface area contributed by atoms with Crippen LogP contribution < -0.4 is 5.32 Å². The number of rotatable bonds is 4. The first-order chi connectivity index (χ1) is 15.4. The summed E-state index contributed by atoms with van der Waals surface area (Å²) in [5.74, 6) is -0.627. The molecule has 0 saturated carbocycles. The van der Waals surface area contributed by atoms with Gasteiger partial charge in [-0.1, -0.05) is 53.5 Å². The zero-order valence-electron chi connectivity index (χ0n) is 17.1. The predicted molar refractivity (Wildman–Crippen MR) is 123 cm³/mol. The smallest absolute Gasteiger partial charge is 0.322 e. The van der Waals surface area contributed by atoms with Gasteiger partial charge >= 0.3 is 6.03 Å². The molecule has 0 aromatic heterocycles. The second kappa shape index (κ2) is 9.86. The Balaban J connectivity index is 1.49. The molecule has 3 aromatic rings. The predicted octanol–water partition coefficient (Wildman–Crippen LogP) is 6.21. The topological polar surface area (TPSA) is 35.6 Å². The van der Waals surface area contributed by atoms with Gasteiger partial charge in [0.15, 0.2) is 0 Å². The second-order valence-corrected chi connectivity index (χ2v) is 8.37. The van der Waals surface area contributed by atoms with E-state index < -0.39 is 0 Å². The van der Waals surface area contributed by atoms with Crippen molar-refractivity contribution in [3.05, 3.63) is 99.5 Å². The molecule has 8 heteroatoms. The first kappa shape index (κ1) is 22.5. The Morgan fingerprint density at radius 3 is 1.72 bits per heavy atom. The van der Waals surface area contributed by atoms with Crippen molar-refractivity contribution in [1.29, 1.82) is 0 Å². The minimum atomic E-state index is -0.314. The van der Waals surface area contributed by atoms with Gasteiger partial charge in [-0.05, 0) is 47.5 Å². The zero-order chi connectivity index (χ0) is 22.7. The summed E-state index contributed by atoms with van der Waals surface area (Å²) in [7, 11) is 0. The number of urea groups is 1. The third-order valence-corrected chi connectivity index (χ3v) is 6.16. The largest absolute Gasteiger partial charge is 0.322 e. The summed E-state index contributed by atoms with van der Waals surface area (Å²) in [5, 5.41) is 3.53. The Bertz CT molecular complexity index is 1020. The molecular formula is C24H21Cl2F2N3O. The summed E-state index contributed by atoms with van der Waals surface area (Å²) in [6.07, 6.45) is 0. The molecule has 0 unspecified atom stereocenters. The summed E-state index contributed by atoms with van der Waals surface area (Å²) < 4.78 is 27.0. The van der Waals surface area contributed by atoms with Gasteiger partial charge in [-0.2, -0.15) is 0 Å². The van der Waals surface area contributed by atoms with Crippen LogP contribution in [-0.2, 0) is 0 Å². The highest BCUT2D eigenvalue weighted by Gasteiger charge is 2.28. The molecule has 1 fully saturated rings. The van der Waals surface area contributed by atoms with Gasteiger partial charge in [-0.15, -0.1) is 0 Å². The van der Waals surface area contributed by atoms with Gasteiger partial charge in [-0.3, -0.25) is 4.90 Å². The van der Waals surface area contributed by atoms with E-state index in [1.165, 1.54) is 24.3 Å². The first-order valence-electron chi connectivity index (χ1n) is 10.2. The van der Waals surface area contributed by atoms with Crippen LogP contribution in [0, 0.1) is 11.6 Å². The highest BCUT2D eigenvalue weighted by molar-refractivity contribution is 6.39. The molecule has 32 heavy (non-hydrogen) atoms. The van der Waals surface area contributed by atoms with E-state index in [9.17, 15) is 13.6 Å². The van der Waals surface area contributed by atoms with Gasteiger partial charge < -0.3 is 10.2 Å². The Morgan fingerprint density at radius 2 is 1.25 bits per heavy atom. The minimum Gasteiger partial charge on any atom is -0.322 e. The Labute approximate surface area is 195 Å². The number of piperazine rings is 1. The molecule has 166 valence electrons. The molecule has 0 bridgehead atoms. The minimum absolute atomic E-state index is 0.181. The van der Waals surface area contributed by atoms with E-state index in [0.29, 0.717) is 41.9 Å². The maximum absolute atomic E-state index is 13.5. The van der Waals surface area contributed by atoms with Gasteiger partial charge in [0.1, 0.15) is 11.6 Å². The number of nitrogens with one attached hydrogen (secondary N) is 1. The number of carbonyl (C=O) groups is 1. The number of amides is 2. The Kier molecular flexibility index (Phi) is 6.94. The number of halogens is 4. The number of para-hydroxylation sites is 1. The summed E-state index contributed by atoms with van der Waals surface area (Å²) in [4.78, 5) is 16.7. The van der Waals surface area contributed by atoms with Crippen LogP contribution >= 0.6 is 23.2 Å². The van der Waals surface area contributed by atoms with Gasteiger partial charge in [-0.25, -0.2) is 13.6 Å². The van der Waals surface area contributed by atoms with Crippen molar-refractivity contribution in [2.75, 3.05) is 31.5 Å². The average Bonchev–Trinajstić information content (AvgIpc) is 2.79. The number of benzene rings is 3. The summed E-state index contributed by atoms with van der Waals surface area (Å²) in [6, 6.07) is 17.2. The maximum Gasteiger partial charge on any atom is 0.322 e. The third kappa shape index (κ3) is 5.04. The van der Waals surface area contributed by atoms with Gasteiger partial charge in [0.25, 0.3) is 0 Å². The molecule has 1 saturated heterocycles. The lowest BCUT2D eigenvalue weighted by molar-refractivity contribution is 0.126. The standard InChI is InChI=1S/C24H21Cl2F2N3O/c25-20-2-1-3-21(26)22(20)29-24(32)31-14-12-30(13-15-31)23(16-4-8-18(27)9-5-16)17-6-10-19(28)11-7-17/h1-11,23H,12-15H2,(H,29,32). The maximum atomic E-state index is 13.5. The van der Waals surface area contributed by atoms with Crippen LogP contribution in [0.4, 0.5) is 19.3 Å². The summed E-state index contributed by atoms with van der Waals surface area (Å²) in [5.41, 5.74) is 2.19. The van der Waals surface area contributed by atoms with Crippen molar-refractivity contribution in [3.63, 3.8) is 0 Å². The molecular weight excluding hydrogens is 455 g/mol. The van der Waals surface area contributed by atoms with Gasteiger partial charge in [0.05, 0.1) is 21.8 Å². The molecule has 0 aliphatic carbocycles. The quantitative estimate of drug-likeness (QED) is 0.486. The monoisotopic (exact) mass is 475 g/mol. The molecule has 1 heterocycles. The number of nitrogens with zero attached hydrogens (tertiary/aromatic N) is 2. The molecule has 4 rings (SSSR count). The van der Waals surface area contributed by atoms with Crippen LogP contribution in [0.25, 0.3) is 0 Å². The zero-order valence-corrected chi connectivity index (χ0v) is 18.6. The van der Waals surface area contributed by atoms with Gasteiger partial charge in [0, 0.05) is 26.2 Å². The molecule has 0 radical (unpaired) electrons. The van der Waals surface area contributed by atoms with Crippen molar-refractivity contribution in [1.82, 2.24) is 9.80 Å². The summed E-state index contributed by atoms with van der Waals surface area (Å²) >= 11 is 12.3. The Morgan fingerprint density at radius 1 is 0.781 bits per heavy atom. The van der Waals surface area contributed by atoms with Crippen LogP contribution in [-0.4, -0.2) is 42.0 Å². The lowest BCUT2D eigenvalue weighted by Crippen LogP contribution is -2.51. The second-order valence-electron chi connectivity index (χ2n) is 7.56. The first-order valence-corrected chi connectivity index (χ1v) is 10.9. The highest BCUT2D eigenvalue weighted by Crippen LogP contribution is 2.32. The normalized spacial score (nSPS) is 14.6. The van der Waals surface area contributed by atoms with E-state index >= 15 is 0 Å². The van der Waals surface area contributed by atoms with Crippen molar-refractivity contribution in [3.8, 4) is 0 Å². The van der Waals surface area contributed by atoms with Crippen LogP contribution in [0.3, 0.4) is 0 Å². The van der Waals surface area contributed by atoms with E-state index in [0.717, 1.165) is 11.1 Å². The fourth-order valence-corrected chi connectivity index (χ4v) is 4.38. The molecule has 1 aliphatic heterocycles. The fourth-order valence-electron chi connectivity index (χ4n) is 3.89.